The molecular formula is C25H23N3O. The van der Waals surface area contributed by atoms with Crippen molar-refractivity contribution in [2.24, 2.45) is 0 Å². The topological polar surface area (TPSA) is 61.0 Å². The van der Waals surface area contributed by atoms with Crippen LogP contribution in [0.3, 0.4) is 0 Å². The standard InChI is InChI=1S/C25H23N3O/c26-25-23-19(14-15-27-25)16-22(17-6-4-5-7-17)28-24(23)18-10-12-21(13-11-18)29-20-8-2-1-3-9-20/h1-3,8-17H,4-7H2,(H2,26,27). The first-order valence-corrected chi connectivity index (χ1v) is 10.2. The van der Waals surface area contributed by atoms with Crippen molar-refractivity contribution in [2.75, 3.05) is 5.73 Å². The van der Waals surface area contributed by atoms with Crippen LogP contribution in [0, 0.1) is 0 Å². The van der Waals surface area contributed by atoms with E-state index in [9.17, 15) is 0 Å². The Balaban J connectivity index is 1.56. The zero-order valence-corrected chi connectivity index (χ0v) is 16.2. The van der Waals surface area contributed by atoms with Gasteiger partial charge in [0, 0.05) is 23.4 Å². The predicted octanol–water partition coefficient (Wildman–Crippen LogP) is 6.33. The molecule has 2 heterocycles. The molecule has 0 unspecified atom stereocenters. The molecule has 0 spiro atoms. The summed E-state index contributed by atoms with van der Waals surface area (Å²) in [7, 11) is 0. The second-order valence-corrected chi connectivity index (χ2v) is 7.61. The van der Waals surface area contributed by atoms with Crippen molar-refractivity contribution in [2.45, 2.75) is 31.6 Å². The number of nitrogens with two attached hydrogens (primary N) is 1. The van der Waals surface area contributed by atoms with Crippen molar-refractivity contribution in [1.29, 1.82) is 0 Å². The van der Waals surface area contributed by atoms with Gasteiger partial charge in [0.2, 0.25) is 0 Å². The summed E-state index contributed by atoms with van der Waals surface area (Å²) in [6, 6.07) is 22.1. The van der Waals surface area contributed by atoms with Crippen LogP contribution < -0.4 is 10.5 Å². The molecule has 4 aromatic rings. The van der Waals surface area contributed by atoms with E-state index >= 15 is 0 Å². The molecule has 4 heteroatoms. The first-order valence-electron chi connectivity index (χ1n) is 10.2. The van der Waals surface area contributed by atoms with Gasteiger partial charge in [0.1, 0.15) is 17.3 Å². The molecule has 1 aliphatic rings. The Morgan fingerprint density at radius 1 is 0.862 bits per heavy atom. The highest BCUT2D eigenvalue weighted by atomic mass is 16.5. The molecule has 2 aromatic heterocycles. The molecule has 0 atom stereocenters. The molecule has 0 aliphatic heterocycles. The summed E-state index contributed by atoms with van der Waals surface area (Å²) in [5.41, 5.74) is 9.35. The highest BCUT2D eigenvalue weighted by Gasteiger charge is 2.21. The maximum Gasteiger partial charge on any atom is 0.133 e. The Hall–Kier alpha value is -3.40. The fourth-order valence-corrected chi connectivity index (χ4v) is 4.19. The molecule has 29 heavy (non-hydrogen) atoms. The number of hydrogen-bond donors (Lipinski definition) is 1. The summed E-state index contributed by atoms with van der Waals surface area (Å²) in [5, 5.41) is 2.03. The molecule has 0 amide bonds. The van der Waals surface area contributed by atoms with Crippen LogP contribution in [0.1, 0.15) is 37.3 Å². The molecule has 2 N–H and O–H groups in total. The Labute approximate surface area is 170 Å². The van der Waals surface area contributed by atoms with Crippen LogP contribution in [0.15, 0.2) is 72.9 Å². The van der Waals surface area contributed by atoms with Crippen LogP contribution in [0.4, 0.5) is 5.82 Å². The van der Waals surface area contributed by atoms with Crippen molar-refractivity contribution in [3.8, 4) is 22.8 Å². The Bertz CT molecular complexity index is 1130. The molecule has 144 valence electrons. The van der Waals surface area contributed by atoms with Gasteiger partial charge in [-0.3, -0.25) is 4.98 Å². The number of pyridine rings is 2. The number of para-hydroxylation sites is 1. The zero-order chi connectivity index (χ0) is 19.6. The number of aromatic nitrogens is 2. The SMILES string of the molecule is Nc1nccc2cc(C3CCCC3)nc(-c3ccc(Oc4ccccc4)cc3)c12. The minimum absolute atomic E-state index is 0.521. The summed E-state index contributed by atoms with van der Waals surface area (Å²) in [5.74, 6) is 2.67. The van der Waals surface area contributed by atoms with Crippen molar-refractivity contribution < 1.29 is 4.74 Å². The number of fused-ring (bicyclic) bond motifs is 1. The third kappa shape index (κ3) is 3.54. The molecular weight excluding hydrogens is 358 g/mol. The van der Waals surface area contributed by atoms with E-state index in [0.29, 0.717) is 11.7 Å². The van der Waals surface area contributed by atoms with Crippen LogP contribution in [0.5, 0.6) is 11.5 Å². The molecule has 1 fully saturated rings. The first-order chi connectivity index (χ1) is 14.3. The normalized spacial score (nSPS) is 14.3. The molecule has 1 aliphatic carbocycles. The third-order valence-electron chi connectivity index (χ3n) is 5.67. The zero-order valence-electron chi connectivity index (χ0n) is 16.2. The number of hydrogen-bond acceptors (Lipinski definition) is 4. The molecule has 5 rings (SSSR count). The lowest BCUT2D eigenvalue weighted by atomic mass is 9.98. The van der Waals surface area contributed by atoms with E-state index in [1.165, 1.54) is 31.4 Å². The minimum Gasteiger partial charge on any atom is -0.457 e. The Morgan fingerprint density at radius 3 is 2.34 bits per heavy atom. The number of rotatable bonds is 4. The quantitative estimate of drug-likeness (QED) is 0.449. The number of nitrogen functional groups attached to an aromatic ring is 1. The highest BCUT2D eigenvalue weighted by molar-refractivity contribution is 6.01. The van der Waals surface area contributed by atoms with Gasteiger partial charge in [-0.1, -0.05) is 31.0 Å². The summed E-state index contributed by atoms with van der Waals surface area (Å²) >= 11 is 0. The minimum atomic E-state index is 0.521. The Morgan fingerprint density at radius 2 is 1.59 bits per heavy atom. The van der Waals surface area contributed by atoms with E-state index in [1.807, 2.05) is 60.7 Å². The largest absolute Gasteiger partial charge is 0.457 e. The summed E-state index contributed by atoms with van der Waals surface area (Å²) in [4.78, 5) is 9.37. The van der Waals surface area contributed by atoms with Crippen LogP contribution in [-0.2, 0) is 0 Å². The lowest BCUT2D eigenvalue weighted by Crippen LogP contribution is -2.01. The van der Waals surface area contributed by atoms with Gasteiger partial charge in [-0.2, -0.15) is 0 Å². The number of ether oxygens (including phenoxy) is 1. The van der Waals surface area contributed by atoms with E-state index in [-0.39, 0.29) is 0 Å². The lowest BCUT2D eigenvalue weighted by Gasteiger charge is -2.15. The second-order valence-electron chi connectivity index (χ2n) is 7.61. The lowest BCUT2D eigenvalue weighted by molar-refractivity contribution is 0.483. The van der Waals surface area contributed by atoms with Crippen LogP contribution in [0.25, 0.3) is 22.0 Å². The average Bonchev–Trinajstić information content (AvgIpc) is 3.30. The first kappa shape index (κ1) is 17.7. The molecule has 1 saturated carbocycles. The van der Waals surface area contributed by atoms with Gasteiger partial charge >= 0.3 is 0 Å². The number of nitrogens with zero attached hydrogens (tertiary/aromatic N) is 2. The monoisotopic (exact) mass is 381 g/mol. The molecule has 0 radical (unpaired) electrons. The molecule has 2 aromatic carbocycles. The van der Waals surface area contributed by atoms with E-state index in [4.69, 9.17) is 15.5 Å². The van der Waals surface area contributed by atoms with Gasteiger partial charge in [0.25, 0.3) is 0 Å². The van der Waals surface area contributed by atoms with Crippen molar-refractivity contribution in [1.82, 2.24) is 9.97 Å². The van der Waals surface area contributed by atoms with Gasteiger partial charge in [0.05, 0.1) is 11.1 Å². The van der Waals surface area contributed by atoms with Gasteiger partial charge in [-0.25, -0.2) is 4.98 Å². The number of anilines is 1. The van der Waals surface area contributed by atoms with Gasteiger partial charge in [-0.15, -0.1) is 0 Å². The fourth-order valence-electron chi connectivity index (χ4n) is 4.19. The Kier molecular flexibility index (Phi) is 4.60. The molecule has 0 saturated heterocycles. The summed E-state index contributed by atoms with van der Waals surface area (Å²) < 4.78 is 5.93. The predicted molar refractivity (Wildman–Crippen MR) is 117 cm³/mol. The van der Waals surface area contributed by atoms with Crippen LogP contribution in [0.2, 0.25) is 0 Å². The summed E-state index contributed by atoms with van der Waals surface area (Å²) in [6.07, 6.45) is 6.76. The molecule has 4 nitrogen and oxygen atoms in total. The smallest absolute Gasteiger partial charge is 0.133 e. The maximum absolute atomic E-state index is 6.25. The van der Waals surface area contributed by atoms with E-state index in [1.54, 1.807) is 6.20 Å². The van der Waals surface area contributed by atoms with E-state index in [0.717, 1.165) is 33.5 Å². The van der Waals surface area contributed by atoms with E-state index in [2.05, 4.69) is 11.1 Å². The summed E-state index contributed by atoms with van der Waals surface area (Å²) in [6.45, 7) is 0. The van der Waals surface area contributed by atoms with Gasteiger partial charge in [0.15, 0.2) is 0 Å². The van der Waals surface area contributed by atoms with Gasteiger partial charge < -0.3 is 10.5 Å². The highest BCUT2D eigenvalue weighted by Crippen LogP contribution is 2.38. The molecule has 0 bridgehead atoms. The van der Waals surface area contributed by atoms with Crippen LogP contribution in [-0.4, -0.2) is 9.97 Å². The number of benzene rings is 2. The van der Waals surface area contributed by atoms with E-state index < -0.39 is 0 Å². The second kappa shape index (κ2) is 7.55. The van der Waals surface area contributed by atoms with Crippen molar-refractivity contribution in [3.63, 3.8) is 0 Å². The maximum atomic E-state index is 6.25. The van der Waals surface area contributed by atoms with Crippen LogP contribution >= 0.6 is 0 Å². The average molecular weight is 381 g/mol. The van der Waals surface area contributed by atoms with Crippen molar-refractivity contribution in [3.05, 3.63) is 78.6 Å². The van der Waals surface area contributed by atoms with Crippen molar-refractivity contribution >= 4 is 16.6 Å². The fraction of sp³-hybridized carbons (Fsp3) is 0.200. The third-order valence-corrected chi connectivity index (χ3v) is 5.67. The van der Waals surface area contributed by atoms with Gasteiger partial charge in [-0.05, 0) is 66.8 Å².